The molecule has 2 heterocycles. The first-order valence-electron chi connectivity index (χ1n) is 6.90. The third-order valence-electron chi connectivity index (χ3n) is 4.23. The maximum absolute atomic E-state index is 11.8. The van der Waals surface area contributed by atoms with E-state index in [1.165, 1.54) is 0 Å². The van der Waals surface area contributed by atoms with Crippen molar-refractivity contribution < 1.29 is 25.1 Å². The molecule has 0 amide bonds. The average Bonchev–Trinajstić information content (AvgIpc) is 2.84. The lowest BCUT2D eigenvalue weighted by molar-refractivity contribution is -0.733. The molecule has 0 bridgehead atoms. The maximum Gasteiger partial charge on any atom is 0.177 e. The first-order chi connectivity index (χ1) is 10.0. The highest BCUT2D eigenvalue weighted by Gasteiger charge is 2.43. The second kappa shape index (κ2) is 4.89. The molecule has 2 aromatic rings. The number of carboxylic acid groups (broad SMARTS) is 2. The van der Waals surface area contributed by atoms with Crippen LogP contribution in [-0.2, 0) is 21.5 Å². The van der Waals surface area contributed by atoms with Gasteiger partial charge in [-0.25, -0.2) is 0 Å². The molecule has 0 unspecified atom stereocenters. The summed E-state index contributed by atoms with van der Waals surface area (Å²) in [7, 11) is 0. The van der Waals surface area contributed by atoms with Gasteiger partial charge in [0.2, 0.25) is 0 Å². The maximum atomic E-state index is 11.8. The summed E-state index contributed by atoms with van der Waals surface area (Å²) in [4.78, 5) is 25.6. The molecule has 1 aromatic heterocycles. The molecule has 1 atom stereocenters. The molecule has 6 heteroatoms. The van der Waals surface area contributed by atoms with Crippen LogP contribution in [0.4, 0.5) is 0 Å². The number of hydrogen-bond acceptors (Lipinski definition) is 4. The zero-order valence-corrected chi connectivity index (χ0v) is 11.3. The predicted molar refractivity (Wildman–Crippen MR) is 69.7 cm³/mol. The lowest BCUT2D eigenvalue weighted by Gasteiger charge is -2.35. The molecule has 1 aromatic carbocycles. The Kier molecular flexibility index (Phi) is 3.17. The van der Waals surface area contributed by atoms with Gasteiger partial charge in [-0.1, -0.05) is 18.2 Å². The van der Waals surface area contributed by atoms with Gasteiger partial charge in [0.25, 0.3) is 0 Å². The normalized spacial score (nSPS) is 21.1. The van der Waals surface area contributed by atoms with Crippen molar-refractivity contribution in [1.29, 1.82) is 0 Å². The van der Waals surface area contributed by atoms with Gasteiger partial charge in [-0.15, -0.1) is 0 Å². The van der Waals surface area contributed by atoms with Gasteiger partial charge in [-0.05, 0) is 18.1 Å². The van der Waals surface area contributed by atoms with Crippen molar-refractivity contribution >= 4 is 22.8 Å². The van der Waals surface area contributed by atoms with Crippen molar-refractivity contribution in [3.63, 3.8) is 0 Å². The molecule has 21 heavy (non-hydrogen) atoms. The van der Waals surface area contributed by atoms with Gasteiger partial charge in [-0.3, -0.25) is 0 Å². The predicted octanol–water partition coefficient (Wildman–Crippen LogP) is -2.24. The number of rotatable bonds is 4. The molecule has 0 fully saturated rings. The largest absolute Gasteiger partial charge is 0.550 e. The van der Waals surface area contributed by atoms with Gasteiger partial charge in [0, 0.05) is 29.7 Å². The number of H-pyrrole nitrogens is 1. The number of hydrogen-bond donors (Lipinski definition) is 2. The quantitative estimate of drug-likeness (QED) is 0.662. The second-order valence-corrected chi connectivity index (χ2v) is 5.40. The minimum atomic E-state index is -1.38. The van der Waals surface area contributed by atoms with E-state index in [1.54, 1.807) is 5.32 Å². The highest BCUT2D eigenvalue weighted by molar-refractivity contribution is 5.88. The van der Waals surface area contributed by atoms with Crippen LogP contribution in [0.2, 0.25) is 0 Å². The minimum absolute atomic E-state index is 0.0580. The number of para-hydroxylation sites is 1. The van der Waals surface area contributed by atoms with Crippen LogP contribution in [0.5, 0.6) is 0 Å². The van der Waals surface area contributed by atoms with Crippen molar-refractivity contribution in [2.24, 2.45) is 0 Å². The van der Waals surface area contributed by atoms with E-state index < -0.39 is 17.5 Å². The van der Waals surface area contributed by atoms with Gasteiger partial charge >= 0.3 is 0 Å². The van der Waals surface area contributed by atoms with Crippen molar-refractivity contribution in [3.8, 4) is 0 Å². The van der Waals surface area contributed by atoms with Crippen molar-refractivity contribution in [2.45, 2.75) is 24.8 Å². The van der Waals surface area contributed by atoms with E-state index in [-0.39, 0.29) is 12.8 Å². The smallest absolute Gasteiger partial charge is 0.177 e. The molecule has 3 rings (SSSR count). The van der Waals surface area contributed by atoms with Crippen molar-refractivity contribution in [3.05, 3.63) is 35.5 Å². The third kappa shape index (κ3) is 2.08. The van der Waals surface area contributed by atoms with Crippen LogP contribution in [0.15, 0.2) is 24.3 Å². The summed E-state index contributed by atoms with van der Waals surface area (Å²) < 4.78 is 0. The number of aliphatic carboxylic acids is 2. The SMILES string of the molecule is O=C([O-])CC[C@]1(C(=O)[O-])[NH2+]CCc2c1[nH]c1ccccc21. The van der Waals surface area contributed by atoms with E-state index in [4.69, 9.17) is 0 Å². The number of fused-ring (bicyclic) bond motifs is 3. The van der Waals surface area contributed by atoms with Gasteiger partial charge in [0.05, 0.1) is 12.2 Å². The molecule has 0 aliphatic carbocycles. The number of benzene rings is 1. The van der Waals surface area contributed by atoms with Gasteiger partial charge in [0.15, 0.2) is 5.54 Å². The van der Waals surface area contributed by atoms with Crippen LogP contribution in [-0.4, -0.2) is 23.5 Å². The minimum Gasteiger partial charge on any atom is -0.550 e. The molecule has 0 radical (unpaired) electrons. The molecule has 0 spiro atoms. The number of carbonyl (C=O) groups is 2. The summed E-state index contributed by atoms with van der Waals surface area (Å²) >= 11 is 0. The van der Waals surface area contributed by atoms with Gasteiger partial charge < -0.3 is 30.1 Å². The summed E-state index contributed by atoms with van der Waals surface area (Å²) in [5.74, 6) is -2.52. The molecular formula is C15H15N2O4-. The van der Waals surface area contributed by atoms with Crippen LogP contribution < -0.4 is 15.5 Å². The van der Waals surface area contributed by atoms with E-state index in [2.05, 4.69) is 4.98 Å². The molecule has 0 saturated heterocycles. The van der Waals surface area contributed by atoms with Crippen LogP contribution in [0, 0.1) is 0 Å². The van der Waals surface area contributed by atoms with Crippen LogP contribution in [0.25, 0.3) is 10.9 Å². The number of carboxylic acids is 2. The summed E-state index contributed by atoms with van der Waals surface area (Å²) in [6, 6.07) is 7.59. The molecule has 110 valence electrons. The Hall–Kier alpha value is -2.34. The topological polar surface area (TPSA) is 113 Å². The lowest BCUT2D eigenvalue weighted by Crippen LogP contribution is -3.00. The van der Waals surface area contributed by atoms with Gasteiger partial charge in [0.1, 0.15) is 5.97 Å². The number of quaternary nitrogens is 1. The Morgan fingerprint density at radius 1 is 1.29 bits per heavy atom. The number of nitrogens with two attached hydrogens (primary N) is 1. The van der Waals surface area contributed by atoms with E-state index >= 15 is 0 Å². The molecule has 6 nitrogen and oxygen atoms in total. The molecule has 1 aliphatic heterocycles. The number of aromatic amines is 1. The summed E-state index contributed by atoms with van der Waals surface area (Å²) in [5.41, 5.74) is 0.968. The highest BCUT2D eigenvalue weighted by Crippen LogP contribution is 2.32. The van der Waals surface area contributed by atoms with Crippen LogP contribution >= 0.6 is 0 Å². The van der Waals surface area contributed by atoms with E-state index in [0.29, 0.717) is 12.2 Å². The lowest BCUT2D eigenvalue weighted by atomic mass is 9.83. The molecule has 0 saturated carbocycles. The second-order valence-electron chi connectivity index (χ2n) is 5.40. The zero-order valence-electron chi connectivity index (χ0n) is 11.3. The van der Waals surface area contributed by atoms with Crippen molar-refractivity contribution in [1.82, 2.24) is 4.98 Å². The summed E-state index contributed by atoms with van der Waals surface area (Å²) in [5, 5.41) is 25.1. The highest BCUT2D eigenvalue weighted by atomic mass is 16.4. The van der Waals surface area contributed by atoms with Crippen molar-refractivity contribution in [2.75, 3.05) is 6.54 Å². The Bertz CT molecular complexity index is 722. The monoisotopic (exact) mass is 287 g/mol. The summed E-state index contributed by atoms with van der Waals surface area (Å²) in [6.45, 7) is 0.579. The zero-order chi connectivity index (χ0) is 15.0. The Labute approximate surface area is 120 Å². The molecular weight excluding hydrogens is 272 g/mol. The first kappa shape index (κ1) is 13.6. The standard InChI is InChI=1S/C15H16N2O4/c18-12(19)5-7-15(14(20)21)13-10(6-8-16-15)9-3-1-2-4-11(9)17-13/h1-4,16-17H,5-8H2,(H,18,19)(H,20,21)/p-1/t15-/m0/s1. The number of aromatic nitrogens is 1. The fourth-order valence-corrected chi connectivity index (χ4v) is 3.22. The Morgan fingerprint density at radius 2 is 2.05 bits per heavy atom. The third-order valence-corrected chi connectivity index (χ3v) is 4.23. The fraction of sp³-hybridized carbons (Fsp3) is 0.333. The van der Waals surface area contributed by atoms with E-state index in [1.807, 2.05) is 24.3 Å². The first-order valence-corrected chi connectivity index (χ1v) is 6.90. The van der Waals surface area contributed by atoms with Crippen LogP contribution in [0.3, 0.4) is 0 Å². The fourth-order valence-electron chi connectivity index (χ4n) is 3.22. The average molecular weight is 287 g/mol. The summed E-state index contributed by atoms with van der Waals surface area (Å²) in [6.07, 6.45) is 0.358. The molecule has 1 aliphatic rings. The Balaban J connectivity index is 2.16. The van der Waals surface area contributed by atoms with E-state index in [9.17, 15) is 19.8 Å². The van der Waals surface area contributed by atoms with Crippen LogP contribution in [0.1, 0.15) is 24.1 Å². The number of carbonyl (C=O) groups excluding carboxylic acids is 2. The Morgan fingerprint density at radius 3 is 2.76 bits per heavy atom. The van der Waals surface area contributed by atoms with E-state index in [0.717, 1.165) is 22.9 Å². The van der Waals surface area contributed by atoms with Gasteiger partial charge in [-0.2, -0.15) is 0 Å². The molecule has 3 N–H and O–H groups in total. The number of nitrogens with one attached hydrogen (secondary N) is 1.